The molecule has 1 N–H and O–H groups in total. The highest BCUT2D eigenvalue weighted by Crippen LogP contribution is 2.22. The molecule has 0 bridgehead atoms. The number of nitrogens with one attached hydrogen (secondary N) is 1. The zero-order valence-corrected chi connectivity index (χ0v) is 10.6. The summed E-state index contributed by atoms with van der Waals surface area (Å²) in [5, 5.41) is 3.31. The summed E-state index contributed by atoms with van der Waals surface area (Å²) < 4.78 is 19.7. The molecule has 2 nitrogen and oxygen atoms in total. The average Bonchev–Trinajstić information content (AvgIpc) is 2.29. The van der Waals surface area contributed by atoms with Gasteiger partial charge in [0, 0.05) is 16.9 Å². The first-order valence-electron chi connectivity index (χ1n) is 5.54. The summed E-state index contributed by atoms with van der Waals surface area (Å²) in [7, 11) is 0. The monoisotopic (exact) mass is 287 g/mol. The molecule has 2 rings (SSSR count). The lowest BCUT2D eigenvalue weighted by atomic mass is 10.0. The first-order chi connectivity index (χ1) is 7.75. The van der Waals surface area contributed by atoms with Gasteiger partial charge in [-0.15, -0.1) is 0 Å². The van der Waals surface area contributed by atoms with E-state index in [2.05, 4.69) is 21.2 Å². The van der Waals surface area contributed by atoms with Gasteiger partial charge in [-0.2, -0.15) is 0 Å². The van der Waals surface area contributed by atoms with Crippen LogP contribution in [-0.2, 0) is 0 Å². The normalized spacial score (nSPS) is 20.8. The molecule has 0 radical (unpaired) electrons. The first kappa shape index (κ1) is 11.9. The Labute approximate surface area is 103 Å². The Morgan fingerprint density at radius 1 is 1.50 bits per heavy atom. The lowest BCUT2D eigenvalue weighted by Gasteiger charge is -2.22. The van der Waals surface area contributed by atoms with Crippen molar-refractivity contribution in [2.24, 2.45) is 5.92 Å². The molecule has 1 atom stereocenters. The lowest BCUT2D eigenvalue weighted by molar-refractivity contribution is 0.211. The molecule has 0 saturated carbocycles. The second-order valence-corrected chi connectivity index (χ2v) is 5.01. The van der Waals surface area contributed by atoms with Gasteiger partial charge in [-0.05, 0) is 37.6 Å². The van der Waals surface area contributed by atoms with Crippen LogP contribution in [0.25, 0.3) is 0 Å². The fraction of sp³-hybridized carbons (Fsp3) is 0.500. The fourth-order valence-electron chi connectivity index (χ4n) is 1.87. The van der Waals surface area contributed by atoms with E-state index in [0.29, 0.717) is 18.3 Å². The Hall–Kier alpha value is -0.610. The third-order valence-electron chi connectivity index (χ3n) is 2.77. The van der Waals surface area contributed by atoms with E-state index in [-0.39, 0.29) is 5.82 Å². The van der Waals surface area contributed by atoms with Crippen LogP contribution in [0.4, 0.5) is 4.39 Å². The summed E-state index contributed by atoms with van der Waals surface area (Å²) in [6.07, 6.45) is 2.34. The fourth-order valence-corrected chi connectivity index (χ4v) is 2.20. The molecule has 1 aliphatic rings. The highest BCUT2D eigenvalue weighted by atomic mass is 79.9. The van der Waals surface area contributed by atoms with Crippen molar-refractivity contribution >= 4 is 15.9 Å². The minimum atomic E-state index is -0.307. The van der Waals surface area contributed by atoms with E-state index in [1.54, 1.807) is 12.1 Å². The summed E-state index contributed by atoms with van der Waals surface area (Å²) in [5.41, 5.74) is 0. The van der Waals surface area contributed by atoms with Crippen molar-refractivity contribution in [2.45, 2.75) is 12.8 Å². The third-order valence-corrected chi connectivity index (χ3v) is 3.26. The lowest BCUT2D eigenvalue weighted by Crippen LogP contribution is -2.33. The highest BCUT2D eigenvalue weighted by Gasteiger charge is 2.14. The maximum absolute atomic E-state index is 13.4. The van der Waals surface area contributed by atoms with Crippen LogP contribution in [0.5, 0.6) is 5.75 Å². The van der Waals surface area contributed by atoms with Gasteiger partial charge in [-0.3, -0.25) is 0 Å². The van der Waals surface area contributed by atoms with Gasteiger partial charge in [0.1, 0.15) is 0 Å². The number of halogens is 2. The second-order valence-electron chi connectivity index (χ2n) is 4.10. The molecule has 0 spiro atoms. The van der Waals surface area contributed by atoms with Crippen molar-refractivity contribution in [3.63, 3.8) is 0 Å². The van der Waals surface area contributed by atoms with E-state index >= 15 is 0 Å². The van der Waals surface area contributed by atoms with Gasteiger partial charge in [0.05, 0.1) is 6.61 Å². The smallest absolute Gasteiger partial charge is 0.166 e. The topological polar surface area (TPSA) is 21.3 Å². The van der Waals surface area contributed by atoms with Crippen LogP contribution in [0.3, 0.4) is 0 Å². The second kappa shape index (κ2) is 5.64. The maximum atomic E-state index is 13.4. The molecule has 4 heteroatoms. The van der Waals surface area contributed by atoms with E-state index < -0.39 is 0 Å². The molecule has 16 heavy (non-hydrogen) atoms. The third kappa shape index (κ3) is 3.19. The van der Waals surface area contributed by atoms with E-state index in [4.69, 9.17) is 4.74 Å². The van der Waals surface area contributed by atoms with Gasteiger partial charge < -0.3 is 10.1 Å². The van der Waals surface area contributed by atoms with Crippen molar-refractivity contribution in [1.29, 1.82) is 0 Å². The van der Waals surface area contributed by atoms with Crippen LogP contribution < -0.4 is 10.1 Å². The zero-order valence-electron chi connectivity index (χ0n) is 9.01. The molecule has 0 aliphatic carbocycles. The predicted molar refractivity (Wildman–Crippen MR) is 65.2 cm³/mol. The largest absolute Gasteiger partial charge is 0.490 e. The molecule has 1 aromatic rings. The molecule has 0 amide bonds. The number of piperidine rings is 1. The van der Waals surface area contributed by atoms with Crippen LogP contribution >= 0.6 is 15.9 Å². The number of hydrogen-bond donors (Lipinski definition) is 1. The summed E-state index contributed by atoms with van der Waals surface area (Å²) >= 11 is 3.22. The van der Waals surface area contributed by atoms with Crippen LogP contribution in [0.2, 0.25) is 0 Å². The van der Waals surface area contributed by atoms with Crippen molar-refractivity contribution < 1.29 is 9.13 Å². The maximum Gasteiger partial charge on any atom is 0.166 e. The standard InChI is InChI=1S/C12H15BrFNO/c13-10-3-4-12(11(14)6-10)16-8-9-2-1-5-15-7-9/h3-4,6,9,15H,1-2,5,7-8H2. The molecule has 1 heterocycles. The molecule has 0 aromatic heterocycles. The van der Waals surface area contributed by atoms with Crippen molar-refractivity contribution in [1.82, 2.24) is 5.32 Å². The Morgan fingerprint density at radius 2 is 2.38 bits per heavy atom. The summed E-state index contributed by atoms with van der Waals surface area (Å²) in [5.74, 6) is 0.531. The molecule has 1 aliphatic heterocycles. The SMILES string of the molecule is Fc1cc(Br)ccc1OCC1CCCNC1. The van der Waals surface area contributed by atoms with Crippen LogP contribution in [-0.4, -0.2) is 19.7 Å². The Morgan fingerprint density at radius 3 is 3.06 bits per heavy atom. The summed E-state index contributed by atoms with van der Waals surface area (Å²) in [6, 6.07) is 4.88. The molecule has 88 valence electrons. The van der Waals surface area contributed by atoms with Gasteiger partial charge in [-0.1, -0.05) is 15.9 Å². The summed E-state index contributed by atoms with van der Waals surface area (Å²) in [4.78, 5) is 0. The van der Waals surface area contributed by atoms with Gasteiger partial charge in [0.2, 0.25) is 0 Å². The number of hydrogen-bond acceptors (Lipinski definition) is 2. The molecular weight excluding hydrogens is 273 g/mol. The van der Waals surface area contributed by atoms with Crippen molar-refractivity contribution in [2.75, 3.05) is 19.7 Å². The van der Waals surface area contributed by atoms with Gasteiger partial charge in [-0.25, -0.2) is 4.39 Å². The molecule has 1 saturated heterocycles. The molecule has 1 aromatic carbocycles. The quantitative estimate of drug-likeness (QED) is 0.923. The molecule has 1 unspecified atom stereocenters. The predicted octanol–water partition coefficient (Wildman–Crippen LogP) is 2.97. The number of benzene rings is 1. The Balaban J connectivity index is 1.88. The first-order valence-corrected chi connectivity index (χ1v) is 6.33. The van der Waals surface area contributed by atoms with E-state index in [0.717, 1.165) is 24.0 Å². The van der Waals surface area contributed by atoms with Crippen molar-refractivity contribution in [3.05, 3.63) is 28.5 Å². The van der Waals surface area contributed by atoms with Gasteiger partial charge in [0.25, 0.3) is 0 Å². The minimum absolute atomic E-state index is 0.307. The Kier molecular flexibility index (Phi) is 4.18. The molecule has 1 fully saturated rings. The molecular formula is C12H15BrFNO. The van der Waals surface area contributed by atoms with Crippen LogP contribution in [0, 0.1) is 11.7 Å². The average molecular weight is 288 g/mol. The van der Waals surface area contributed by atoms with Crippen LogP contribution in [0.1, 0.15) is 12.8 Å². The van der Waals surface area contributed by atoms with E-state index in [1.165, 1.54) is 12.5 Å². The Bertz CT molecular complexity index is 353. The highest BCUT2D eigenvalue weighted by molar-refractivity contribution is 9.10. The minimum Gasteiger partial charge on any atom is -0.490 e. The number of rotatable bonds is 3. The van der Waals surface area contributed by atoms with Gasteiger partial charge >= 0.3 is 0 Å². The van der Waals surface area contributed by atoms with Crippen molar-refractivity contribution in [3.8, 4) is 5.75 Å². The summed E-state index contributed by atoms with van der Waals surface area (Å²) in [6.45, 7) is 2.65. The van der Waals surface area contributed by atoms with E-state index in [1.807, 2.05) is 0 Å². The zero-order chi connectivity index (χ0) is 11.4. The van der Waals surface area contributed by atoms with Gasteiger partial charge in [0.15, 0.2) is 11.6 Å². The van der Waals surface area contributed by atoms with E-state index in [9.17, 15) is 4.39 Å². The number of ether oxygens (including phenoxy) is 1. The van der Waals surface area contributed by atoms with Crippen LogP contribution in [0.15, 0.2) is 22.7 Å².